The molecular formula is C45H57NO15. The second kappa shape index (κ2) is 16.2. The van der Waals surface area contributed by atoms with E-state index >= 15 is 4.79 Å². The molecule has 0 radical (unpaired) electrons. The SMILES string of the molecule is COC(=O)O[C@@]12CO[C@@H]1C[C@H](C)[C@@]1(C)C(=O)[C@H](OC(C)=O)C3=C(C)[C@@H](OC(=O)[C@H](C)[C@@H](NC(=O)OC(C)(C)C)c4ccco4)C[C@@](O)([C@@H](OC(=O)c4ccccc4)C12)C3(C)C. The smallest absolute Gasteiger partial charge is 0.467 e. The minimum atomic E-state index is -2.26. The standard InChI is InChI=1S/C45H57NO15/c1-23-20-30-44(22-56-30,61-40(52)54-11)34-36(59-38(50)27-16-13-12-14-17-27)45(53)21-29(24(2)31(42(45,8)9)33(57-26(4)47)35(48)43(23,34)10)58-37(49)25(3)32(28-18-15-19-55-28)46-39(51)60-41(5,6)7/h12-19,23,25,29-30,32-34,36,53H,20-22H2,1-11H3,(H,46,51)/t23-,25+,29-,30+,32+,33+,34?,36-,43+,44-,45+/m0/s1. The average molecular weight is 852 g/mol. The summed E-state index contributed by atoms with van der Waals surface area (Å²) in [5.74, 6) is -5.94. The number of aliphatic hydroxyl groups is 1. The van der Waals surface area contributed by atoms with Gasteiger partial charge in [0.2, 0.25) is 0 Å². The lowest BCUT2D eigenvalue weighted by molar-refractivity contribution is -0.338. The second-order valence-corrected chi connectivity index (χ2v) is 18.5. The lowest BCUT2D eigenvalue weighted by atomic mass is 9.43. The van der Waals surface area contributed by atoms with Crippen LogP contribution in [0.2, 0.25) is 0 Å². The first-order valence-corrected chi connectivity index (χ1v) is 20.5. The van der Waals surface area contributed by atoms with Gasteiger partial charge in [0.1, 0.15) is 41.3 Å². The van der Waals surface area contributed by atoms with Crippen LogP contribution in [0.5, 0.6) is 0 Å². The van der Waals surface area contributed by atoms with Crippen molar-refractivity contribution in [2.75, 3.05) is 13.7 Å². The zero-order valence-corrected chi connectivity index (χ0v) is 36.5. The van der Waals surface area contributed by atoms with E-state index in [-0.39, 0.29) is 29.9 Å². The van der Waals surface area contributed by atoms with E-state index in [0.717, 1.165) is 14.0 Å². The molecule has 16 nitrogen and oxygen atoms in total. The summed E-state index contributed by atoms with van der Waals surface area (Å²) in [6.45, 7) is 15.8. The number of amides is 1. The molecule has 0 spiro atoms. The molecule has 11 atom stereocenters. The van der Waals surface area contributed by atoms with Gasteiger partial charge in [-0.3, -0.25) is 14.4 Å². The molecule has 3 aliphatic carbocycles. The lowest BCUT2D eigenvalue weighted by Gasteiger charge is -2.67. The highest BCUT2D eigenvalue weighted by atomic mass is 16.8. The highest BCUT2D eigenvalue weighted by Crippen LogP contribution is 2.65. The lowest BCUT2D eigenvalue weighted by Crippen LogP contribution is -2.81. The molecule has 2 N–H and O–H groups in total. The van der Waals surface area contributed by atoms with Crippen LogP contribution in [0.1, 0.15) is 104 Å². The summed E-state index contributed by atoms with van der Waals surface area (Å²) in [4.78, 5) is 83.6. The molecule has 1 amide bonds. The van der Waals surface area contributed by atoms with Gasteiger partial charge in [-0.1, -0.05) is 45.9 Å². The van der Waals surface area contributed by atoms with Gasteiger partial charge in [0.25, 0.3) is 0 Å². The van der Waals surface area contributed by atoms with Crippen molar-refractivity contribution in [2.24, 2.45) is 28.6 Å². The molecule has 4 aliphatic rings. The Bertz CT molecular complexity index is 2070. The fraction of sp³-hybridized carbons (Fsp3) is 0.600. The van der Waals surface area contributed by atoms with E-state index in [1.807, 2.05) is 0 Å². The Morgan fingerprint density at radius 3 is 2.21 bits per heavy atom. The number of hydrogen-bond acceptors (Lipinski definition) is 15. The van der Waals surface area contributed by atoms with Crippen LogP contribution in [-0.2, 0) is 47.5 Å². The van der Waals surface area contributed by atoms with Crippen LogP contribution in [-0.4, -0.2) is 96.0 Å². The van der Waals surface area contributed by atoms with Crippen LogP contribution < -0.4 is 5.32 Å². The molecular weight excluding hydrogens is 794 g/mol. The molecule has 1 aromatic heterocycles. The van der Waals surface area contributed by atoms with E-state index in [1.54, 1.807) is 85.7 Å². The van der Waals surface area contributed by atoms with E-state index in [0.29, 0.717) is 5.57 Å². The number of fused-ring (bicyclic) bond motifs is 5. The highest BCUT2D eigenvalue weighted by Gasteiger charge is 2.78. The maximum atomic E-state index is 15.7. The number of methoxy groups -OCH3 is 1. The van der Waals surface area contributed by atoms with Gasteiger partial charge in [0.05, 0.1) is 37.4 Å². The van der Waals surface area contributed by atoms with Crippen LogP contribution in [0.3, 0.4) is 0 Å². The average Bonchev–Trinajstić information content (AvgIpc) is 3.72. The minimum absolute atomic E-state index is 0.131. The van der Waals surface area contributed by atoms with Gasteiger partial charge in [0, 0.05) is 24.2 Å². The number of carbonyl (C=O) groups is 6. The number of rotatable bonds is 9. The van der Waals surface area contributed by atoms with Crippen molar-refractivity contribution >= 4 is 35.9 Å². The fourth-order valence-corrected chi connectivity index (χ4v) is 9.97. The molecule has 2 bridgehead atoms. The number of hydrogen-bond donors (Lipinski definition) is 2. The van der Waals surface area contributed by atoms with Gasteiger partial charge in [0.15, 0.2) is 17.5 Å². The minimum Gasteiger partial charge on any atom is -0.467 e. The number of esters is 3. The number of ether oxygens (including phenoxy) is 7. The molecule has 332 valence electrons. The Hall–Kier alpha value is -5.22. The van der Waals surface area contributed by atoms with E-state index < -0.39 is 118 Å². The van der Waals surface area contributed by atoms with Crippen LogP contribution in [0.15, 0.2) is 64.3 Å². The first-order valence-electron chi connectivity index (χ1n) is 20.5. The topological polar surface area (TPSA) is 212 Å². The third-order valence-electron chi connectivity index (χ3n) is 13.4. The molecule has 2 saturated carbocycles. The summed E-state index contributed by atoms with van der Waals surface area (Å²) in [6, 6.07) is 10.1. The number of nitrogens with one attached hydrogen (secondary N) is 1. The number of ketones is 1. The van der Waals surface area contributed by atoms with E-state index in [2.05, 4.69) is 5.32 Å². The zero-order chi connectivity index (χ0) is 45.0. The summed E-state index contributed by atoms with van der Waals surface area (Å²) in [5.41, 5.74) is -7.44. The van der Waals surface area contributed by atoms with Gasteiger partial charge in [-0.2, -0.15) is 0 Å². The van der Waals surface area contributed by atoms with Crippen molar-refractivity contribution in [3.05, 3.63) is 71.2 Å². The maximum absolute atomic E-state index is 15.7. The third-order valence-corrected chi connectivity index (χ3v) is 13.4. The summed E-state index contributed by atoms with van der Waals surface area (Å²) in [5, 5.41) is 16.5. The zero-order valence-electron chi connectivity index (χ0n) is 36.5. The second-order valence-electron chi connectivity index (χ2n) is 18.5. The van der Waals surface area contributed by atoms with Crippen molar-refractivity contribution in [1.29, 1.82) is 0 Å². The largest absolute Gasteiger partial charge is 0.508 e. The first kappa shape index (κ1) is 45.3. The van der Waals surface area contributed by atoms with E-state index in [4.69, 9.17) is 37.6 Å². The van der Waals surface area contributed by atoms with Crippen molar-refractivity contribution in [1.82, 2.24) is 5.32 Å². The number of carbonyl (C=O) groups excluding carboxylic acids is 6. The molecule has 3 fully saturated rings. The van der Waals surface area contributed by atoms with Crippen LogP contribution >= 0.6 is 0 Å². The van der Waals surface area contributed by atoms with Gasteiger partial charge >= 0.3 is 30.2 Å². The van der Waals surface area contributed by atoms with Gasteiger partial charge in [-0.15, -0.1) is 0 Å². The Kier molecular flexibility index (Phi) is 12.1. The Labute approximate surface area is 354 Å². The molecule has 1 aromatic carbocycles. The van der Waals surface area contributed by atoms with E-state index in [1.165, 1.54) is 25.3 Å². The Morgan fingerprint density at radius 1 is 0.984 bits per heavy atom. The summed E-state index contributed by atoms with van der Waals surface area (Å²) in [6.07, 6.45) is -6.21. The van der Waals surface area contributed by atoms with Crippen LogP contribution in [0.4, 0.5) is 9.59 Å². The molecule has 1 saturated heterocycles. The van der Waals surface area contributed by atoms with Crippen molar-refractivity contribution in [3.63, 3.8) is 0 Å². The van der Waals surface area contributed by atoms with Gasteiger partial charge < -0.3 is 48.0 Å². The molecule has 2 heterocycles. The normalized spacial score (nSPS) is 32.5. The monoisotopic (exact) mass is 851 g/mol. The van der Waals surface area contributed by atoms with Gasteiger partial charge in [-0.05, 0) is 82.4 Å². The number of furan rings is 1. The Balaban J connectivity index is 1.54. The highest BCUT2D eigenvalue weighted by molar-refractivity contribution is 5.95. The fourth-order valence-electron chi connectivity index (χ4n) is 9.97. The first-order chi connectivity index (χ1) is 28.4. The van der Waals surface area contributed by atoms with Crippen molar-refractivity contribution in [3.8, 4) is 0 Å². The van der Waals surface area contributed by atoms with Crippen LogP contribution in [0, 0.1) is 28.6 Å². The Morgan fingerprint density at radius 2 is 1.66 bits per heavy atom. The summed E-state index contributed by atoms with van der Waals surface area (Å²) >= 11 is 0. The quantitative estimate of drug-likeness (QED) is 0.164. The molecule has 1 aliphatic heterocycles. The van der Waals surface area contributed by atoms with Gasteiger partial charge in [-0.25, -0.2) is 14.4 Å². The maximum Gasteiger partial charge on any atom is 0.508 e. The predicted octanol–water partition coefficient (Wildman–Crippen LogP) is 6.19. The molecule has 2 aromatic rings. The summed E-state index contributed by atoms with van der Waals surface area (Å²) < 4.78 is 47.0. The van der Waals surface area contributed by atoms with Crippen LogP contribution in [0.25, 0.3) is 0 Å². The number of alkyl carbamates (subject to hydrolysis) is 1. The molecule has 61 heavy (non-hydrogen) atoms. The summed E-state index contributed by atoms with van der Waals surface area (Å²) in [7, 11) is 1.13. The van der Waals surface area contributed by atoms with Crippen molar-refractivity contribution < 1.29 is 71.4 Å². The molecule has 16 heteroatoms. The number of benzene rings is 1. The van der Waals surface area contributed by atoms with E-state index in [9.17, 15) is 29.1 Å². The van der Waals surface area contributed by atoms with Crippen molar-refractivity contribution in [2.45, 2.75) is 129 Å². The number of Topliss-reactive ketones (excluding diaryl/α,β-unsaturated/α-hetero) is 1. The molecule has 6 rings (SSSR count). The molecule has 1 unspecified atom stereocenters. The predicted molar refractivity (Wildman–Crippen MR) is 213 cm³/mol. The third kappa shape index (κ3) is 7.81.